The predicted octanol–water partition coefficient (Wildman–Crippen LogP) is 2.89. The van der Waals surface area contributed by atoms with Gasteiger partial charge in [0, 0.05) is 0 Å². The van der Waals surface area contributed by atoms with Crippen LogP contribution in [-0.4, -0.2) is 23.9 Å². The second-order valence-corrected chi connectivity index (χ2v) is 5.28. The third-order valence-corrected chi connectivity index (χ3v) is 3.91. The minimum atomic E-state index is -0.214. The summed E-state index contributed by atoms with van der Waals surface area (Å²) in [5.74, 6) is 0.763. The van der Waals surface area contributed by atoms with Gasteiger partial charge in [-0.2, -0.15) is 0 Å². The summed E-state index contributed by atoms with van der Waals surface area (Å²) in [6.07, 6.45) is 11.7. The van der Waals surface area contributed by atoms with Crippen LogP contribution in [0.1, 0.15) is 57.8 Å². The molecule has 2 nitrogen and oxygen atoms in total. The molecule has 1 N–H and O–H groups in total. The molecule has 0 unspecified atom stereocenters. The Balaban J connectivity index is 1.56. The molecule has 2 saturated carbocycles. The van der Waals surface area contributed by atoms with Crippen LogP contribution in [0.5, 0.6) is 0 Å². The van der Waals surface area contributed by atoms with E-state index in [0.29, 0.717) is 12.7 Å². The smallest absolute Gasteiger partial charge is 0.0776 e. The van der Waals surface area contributed by atoms with E-state index in [2.05, 4.69) is 0 Å². The molecule has 0 aliphatic heterocycles. The van der Waals surface area contributed by atoms with Gasteiger partial charge in [-0.15, -0.1) is 0 Å². The molecule has 0 amide bonds. The average molecular weight is 212 g/mol. The lowest BCUT2D eigenvalue weighted by Crippen LogP contribution is -2.28. The molecule has 0 radical (unpaired) electrons. The minimum absolute atomic E-state index is 0.214. The number of rotatable bonds is 5. The first kappa shape index (κ1) is 11.4. The van der Waals surface area contributed by atoms with Gasteiger partial charge >= 0.3 is 0 Å². The van der Waals surface area contributed by atoms with Crippen LogP contribution in [0, 0.1) is 5.92 Å². The van der Waals surface area contributed by atoms with E-state index in [1.54, 1.807) is 0 Å². The van der Waals surface area contributed by atoms with E-state index in [1.807, 2.05) is 0 Å². The molecule has 0 aromatic heterocycles. The molecule has 0 aromatic carbocycles. The zero-order valence-electron chi connectivity index (χ0n) is 9.66. The number of ether oxygens (including phenoxy) is 1. The number of aliphatic hydroxyl groups excluding tert-OH is 1. The van der Waals surface area contributed by atoms with Crippen LogP contribution >= 0.6 is 0 Å². The zero-order chi connectivity index (χ0) is 10.5. The molecule has 2 aliphatic rings. The van der Waals surface area contributed by atoms with Gasteiger partial charge in [0.25, 0.3) is 0 Å². The van der Waals surface area contributed by atoms with Gasteiger partial charge in [0.1, 0.15) is 0 Å². The maximum absolute atomic E-state index is 9.84. The Morgan fingerprint density at radius 2 is 1.73 bits per heavy atom. The van der Waals surface area contributed by atoms with Crippen LogP contribution in [0.15, 0.2) is 0 Å². The lowest BCUT2D eigenvalue weighted by Gasteiger charge is -2.28. The highest BCUT2D eigenvalue weighted by Gasteiger charge is 2.21. The monoisotopic (exact) mass is 212 g/mol. The van der Waals surface area contributed by atoms with Gasteiger partial charge in [-0.05, 0) is 31.6 Å². The van der Waals surface area contributed by atoms with Gasteiger partial charge in [0.05, 0.1) is 18.8 Å². The maximum Gasteiger partial charge on any atom is 0.0776 e. The normalized spacial score (nSPS) is 26.2. The van der Waals surface area contributed by atoms with E-state index in [4.69, 9.17) is 4.74 Å². The summed E-state index contributed by atoms with van der Waals surface area (Å²) in [4.78, 5) is 0. The lowest BCUT2D eigenvalue weighted by atomic mass is 9.85. The topological polar surface area (TPSA) is 29.5 Å². The third-order valence-electron chi connectivity index (χ3n) is 3.91. The third kappa shape index (κ3) is 3.76. The molecule has 88 valence electrons. The molecule has 0 heterocycles. The Hall–Kier alpha value is -0.0800. The van der Waals surface area contributed by atoms with Crippen molar-refractivity contribution in [3.8, 4) is 0 Å². The van der Waals surface area contributed by atoms with Crippen molar-refractivity contribution in [3.63, 3.8) is 0 Å². The molecule has 0 bridgehead atoms. The fourth-order valence-electron chi connectivity index (χ4n) is 2.66. The predicted molar refractivity (Wildman–Crippen MR) is 60.8 cm³/mol. The molecule has 0 saturated heterocycles. The first-order valence-electron chi connectivity index (χ1n) is 6.64. The van der Waals surface area contributed by atoms with Crippen molar-refractivity contribution in [2.45, 2.75) is 70.0 Å². The van der Waals surface area contributed by atoms with E-state index in [0.717, 1.165) is 12.3 Å². The number of hydrogen-bond acceptors (Lipinski definition) is 2. The first-order chi connectivity index (χ1) is 7.34. The molecular formula is C13H24O2. The van der Waals surface area contributed by atoms with Crippen molar-refractivity contribution in [1.29, 1.82) is 0 Å². The van der Waals surface area contributed by atoms with Crippen LogP contribution in [0.2, 0.25) is 0 Å². The van der Waals surface area contributed by atoms with Gasteiger partial charge in [-0.25, -0.2) is 0 Å². The second kappa shape index (κ2) is 5.86. The fraction of sp³-hybridized carbons (Fsp3) is 1.00. The minimum Gasteiger partial charge on any atom is -0.391 e. The van der Waals surface area contributed by atoms with Crippen LogP contribution in [0.3, 0.4) is 0 Å². The summed E-state index contributed by atoms with van der Waals surface area (Å²) in [7, 11) is 0. The average Bonchev–Trinajstić information content (AvgIpc) is 2.17. The summed E-state index contributed by atoms with van der Waals surface area (Å²) in [5.41, 5.74) is 0. The summed E-state index contributed by atoms with van der Waals surface area (Å²) in [5, 5.41) is 9.84. The van der Waals surface area contributed by atoms with Gasteiger partial charge in [-0.1, -0.05) is 32.1 Å². The Morgan fingerprint density at radius 1 is 1.00 bits per heavy atom. The van der Waals surface area contributed by atoms with E-state index in [1.165, 1.54) is 51.4 Å². The summed E-state index contributed by atoms with van der Waals surface area (Å²) >= 11 is 0. The Morgan fingerprint density at radius 3 is 2.33 bits per heavy atom. The van der Waals surface area contributed by atoms with Crippen molar-refractivity contribution in [2.24, 2.45) is 5.92 Å². The Kier molecular flexibility index (Phi) is 4.45. The largest absolute Gasteiger partial charge is 0.391 e. The van der Waals surface area contributed by atoms with Crippen molar-refractivity contribution < 1.29 is 9.84 Å². The van der Waals surface area contributed by atoms with E-state index in [-0.39, 0.29) is 6.10 Å². The van der Waals surface area contributed by atoms with Crippen LogP contribution < -0.4 is 0 Å². The molecule has 2 fully saturated rings. The van der Waals surface area contributed by atoms with Gasteiger partial charge in [-0.3, -0.25) is 0 Å². The van der Waals surface area contributed by atoms with Crippen LogP contribution in [-0.2, 0) is 4.74 Å². The molecule has 2 aliphatic carbocycles. The first-order valence-corrected chi connectivity index (χ1v) is 6.64. The van der Waals surface area contributed by atoms with E-state index in [9.17, 15) is 5.11 Å². The molecular weight excluding hydrogens is 188 g/mol. The zero-order valence-corrected chi connectivity index (χ0v) is 9.66. The highest BCUT2D eigenvalue weighted by atomic mass is 16.5. The summed E-state index contributed by atoms with van der Waals surface area (Å²) in [6.45, 7) is 0.571. The Labute approximate surface area is 93.0 Å². The SMILES string of the molecule is O[C@H](COC1CCC1)CC1CCCCC1. The van der Waals surface area contributed by atoms with Crippen LogP contribution in [0.25, 0.3) is 0 Å². The highest BCUT2D eigenvalue weighted by Crippen LogP contribution is 2.28. The Bertz CT molecular complexity index is 171. The van der Waals surface area contributed by atoms with Gasteiger partial charge in [0.15, 0.2) is 0 Å². The van der Waals surface area contributed by atoms with Crippen molar-refractivity contribution >= 4 is 0 Å². The van der Waals surface area contributed by atoms with Crippen molar-refractivity contribution in [1.82, 2.24) is 0 Å². The summed E-state index contributed by atoms with van der Waals surface area (Å²) < 4.78 is 5.63. The molecule has 0 aromatic rings. The molecule has 2 heteroatoms. The number of hydrogen-bond donors (Lipinski definition) is 1. The van der Waals surface area contributed by atoms with Crippen LogP contribution in [0.4, 0.5) is 0 Å². The van der Waals surface area contributed by atoms with Gasteiger partial charge < -0.3 is 9.84 Å². The standard InChI is InChI=1S/C13H24O2/c14-12(10-15-13-7-4-8-13)9-11-5-2-1-3-6-11/h11-14H,1-10H2/t12-/m0/s1. The number of aliphatic hydroxyl groups is 1. The van der Waals surface area contributed by atoms with Crippen molar-refractivity contribution in [2.75, 3.05) is 6.61 Å². The van der Waals surface area contributed by atoms with Gasteiger partial charge in [0.2, 0.25) is 0 Å². The van der Waals surface area contributed by atoms with E-state index >= 15 is 0 Å². The molecule has 1 atom stereocenters. The fourth-order valence-corrected chi connectivity index (χ4v) is 2.66. The molecule has 2 rings (SSSR count). The highest BCUT2D eigenvalue weighted by molar-refractivity contribution is 4.72. The second-order valence-electron chi connectivity index (χ2n) is 5.28. The molecule has 0 spiro atoms. The summed E-state index contributed by atoms with van der Waals surface area (Å²) in [6, 6.07) is 0. The lowest BCUT2D eigenvalue weighted by molar-refractivity contribution is -0.0483. The molecule has 15 heavy (non-hydrogen) atoms. The van der Waals surface area contributed by atoms with E-state index < -0.39 is 0 Å². The quantitative estimate of drug-likeness (QED) is 0.759. The van der Waals surface area contributed by atoms with Crippen molar-refractivity contribution in [3.05, 3.63) is 0 Å². The maximum atomic E-state index is 9.84.